The largest absolute Gasteiger partial charge is 0.464 e. The first-order valence-electron chi connectivity index (χ1n) is 8.21. The van der Waals surface area contributed by atoms with Crippen LogP contribution in [0.2, 0.25) is 0 Å². The average molecular weight is 353 g/mol. The molecule has 3 aromatic rings. The molecule has 0 aliphatic carbocycles. The van der Waals surface area contributed by atoms with Crippen LogP contribution >= 0.6 is 0 Å². The van der Waals surface area contributed by atoms with Crippen LogP contribution in [0.1, 0.15) is 34.3 Å². The molecule has 0 aliphatic heterocycles. The monoisotopic (exact) mass is 353 g/mol. The first kappa shape index (κ1) is 17.4. The number of nitrogens with one attached hydrogen (secondary N) is 1. The number of aryl methyl sites for hydroxylation is 1. The number of rotatable bonds is 6. The molecule has 0 saturated carbocycles. The second kappa shape index (κ2) is 7.64. The van der Waals surface area contributed by atoms with Gasteiger partial charge in [0.2, 0.25) is 0 Å². The van der Waals surface area contributed by atoms with Crippen molar-refractivity contribution in [3.63, 3.8) is 0 Å². The number of methoxy groups -OCH3 is 1. The van der Waals surface area contributed by atoms with Crippen LogP contribution in [0.4, 0.5) is 5.82 Å². The first-order valence-corrected chi connectivity index (χ1v) is 8.21. The summed E-state index contributed by atoms with van der Waals surface area (Å²) in [4.78, 5) is 24.7. The topological polar surface area (TPSA) is 91.0 Å². The molecular weight excluding hydrogens is 334 g/mol. The van der Waals surface area contributed by atoms with Gasteiger partial charge in [0.25, 0.3) is 5.91 Å². The number of esters is 1. The number of hydrogen-bond donors (Lipinski definition) is 1. The summed E-state index contributed by atoms with van der Waals surface area (Å²) in [5.74, 6) is -0.420. The fraction of sp³-hybridized carbons (Fsp3) is 0.222. The van der Waals surface area contributed by atoms with Crippen molar-refractivity contribution in [2.75, 3.05) is 12.4 Å². The molecule has 2 aromatic heterocycles. The molecule has 0 aliphatic rings. The zero-order valence-electron chi connectivity index (χ0n) is 14.5. The molecular formula is C18H19N5O3. The summed E-state index contributed by atoms with van der Waals surface area (Å²) in [5, 5.41) is 11.2. The molecule has 26 heavy (non-hydrogen) atoms. The summed E-state index contributed by atoms with van der Waals surface area (Å²) in [6.45, 7) is 2.72. The van der Waals surface area contributed by atoms with Crippen molar-refractivity contribution in [2.24, 2.45) is 0 Å². The third kappa shape index (κ3) is 3.49. The summed E-state index contributed by atoms with van der Waals surface area (Å²) >= 11 is 0. The Morgan fingerprint density at radius 1 is 1.19 bits per heavy atom. The van der Waals surface area contributed by atoms with E-state index >= 15 is 0 Å². The second-order valence-corrected chi connectivity index (χ2v) is 5.55. The van der Waals surface area contributed by atoms with Crippen molar-refractivity contribution < 1.29 is 14.3 Å². The SMILES string of the molecule is CCCn1nccc1NC(=O)c1cc(C(=O)OC)nn1-c1ccccc1. The van der Waals surface area contributed by atoms with Gasteiger partial charge in [-0.2, -0.15) is 10.2 Å². The minimum Gasteiger partial charge on any atom is -0.464 e. The van der Waals surface area contributed by atoms with Gasteiger partial charge in [-0.15, -0.1) is 0 Å². The lowest BCUT2D eigenvalue weighted by Gasteiger charge is -2.09. The van der Waals surface area contributed by atoms with Gasteiger partial charge in [0, 0.05) is 18.7 Å². The van der Waals surface area contributed by atoms with Gasteiger partial charge >= 0.3 is 5.97 Å². The normalized spacial score (nSPS) is 10.5. The predicted molar refractivity (Wildman–Crippen MR) is 95.4 cm³/mol. The number of hydrogen-bond acceptors (Lipinski definition) is 5. The molecule has 1 N–H and O–H groups in total. The Morgan fingerprint density at radius 3 is 2.65 bits per heavy atom. The van der Waals surface area contributed by atoms with Gasteiger partial charge in [0.05, 0.1) is 19.0 Å². The van der Waals surface area contributed by atoms with Crippen molar-refractivity contribution in [2.45, 2.75) is 19.9 Å². The molecule has 0 atom stereocenters. The Hall–Kier alpha value is -3.42. The van der Waals surface area contributed by atoms with Gasteiger partial charge in [-0.1, -0.05) is 25.1 Å². The fourth-order valence-electron chi connectivity index (χ4n) is 2.52. The molecule has 2 heterocycles. The molecule has 0 spiro atoms. The predicted octanol–water partition coefficient (Wildman–Crippen LogP) is 2.52. The van der Waals surface area contributed by atoms with Crippen molar-refractivity contribution in [1.29, 1.82) is 0 Å². The maximum absolute atomic E-state index is 12.8. The van der Waals surface area contributed by atoms with Crippen LogP contribution < -0.4 is 5.32 Å². The van der Waals surface area contributed by atoms with Crippen molar-refractivity contribution in [3.8, 4) is 5.69 Å². The molecule has 3 rings (SSSR count). The van der Waals surface area contributed by atoms with Gasteiger partial charge < -0.3 is 10.1 Å². The van der Waals surface area contributed by atoms with Crippen LogP contribution in [0.25, 0.3) is 5.69 Å². The summed E-state index contributed by atoms with van der Waals surface area (Å²) in [6, 6.07) is 12.2. The summed E-state index contributed by atoms with van der Waals surface area (Å²) in [6.07, 6.45) is 2.51. The summed E-state index contributed by atoms with van der Waals surface area (Å²) in [7, 11) is 1.27. The number of para-hydroxylation sites is 1. The highest BCUT2D eigenvalue weighted by atomic mass is 16.5. The number of benzene rings is 1. The van der Waals surface area contributed by atoms with E-state index in [9.17, 15) is 9.59 Å². The molecule has 1 amide bonds. The number of anilines is 1. The van der Waals surface area contributed by atoms with Gasteiger partial charge in [0.1, 0.15) is 11.5 Å². The zero-order valence-corrected chi connectivity index (χ0v) is 14.5. The summed E-state index contributed by atoms with van der Waals surface area (Å²) < 4.78 is 7.85. The van der Waals surface area contributed by atoms with Crippen LogP contribution in [0.15, 0.2) is 48.7 Å². The average Bonchev–Trinajstić information content (AvgIpc) is 3.29. The quantitative estimate of drug-likeness (QED) is 0.688. The molecule has 0 radical (unpaired) electrons. The van der Waals surface area contributed by atoms with Gasteiger partial charge in [-0.05, 0) is 18.6 Å². The molecule has 1 aromatic carbocycles. The number of aromatic nitrogens is 4. The molecule has 0 fully saturated rings. The van der Waals surface area contributed by atoms with E-state index in [1.807, 2.05) is 25.1 Å². The maximum atomic E-state index is 12.8. The van der Waals surface area contributed by atoms with Crippen molar-refractivity contribution in [1.82, 2.24) is 19.6 Å². The van der Waals surface area contributed by atoms with Crippen molar-refractivity contribution in [3.05, 3.63) is 60.0 Å². The molecule has 0 saturated heterocycles. The standard InChI is InChI=1S/C18H19N5O3/c1-3-11-22-16(9-10-19-22)20-17(24)15-12-14(18(25)26-2)21-23(15)13-7-5-4-6-8-13/h4-10,12H,3,11H2,1-2H3,(H,20,24). The van der Waals surface area contributed by atoms with Gasteiger partial charge in [-0.3, -0.25) is 4.79 Å². The third-order valence-electron chi connectivity index (χ3n) is 3.73. The van der Waals surface area contributed by atoms with E-state index < -0.39 is 11.9 Å². The smallest absolute Gasteiger partial charge is 0.358 e. The number of ether oxygens (including phenoxy) is 1. The number of amides is 1. The third-order valence-corrected chi connectivity index (χ3v) is 3.73. The molecule has 0 bridgehead atoms. The Bertz CT molecular complexity index is 914. The zero-order chi connectivity index (χ0) is 18.5. The second-order valence-electron chi connectivity index (χ2n) is 5.55. The highest BCUT2D eigenvalue weighted by molar-refractivity contribution is 6.04. The molecule has 0 unspecified atom stereocenters. The van der Waals surface area contributed by atoms with E-state index in [1.165, 1.54) is 17.9 Å². The Balaban J connectivity index is 1.97. The van der Waals surface area contributed by atoms with E-state index in [-0.39, 0.29) is 11.4 Å². The van der Waals surface area contributed by atoms with Gasteiger partial charge in [-0.25, -0.2) is 14.2 Å². The highest BCUT2D eigenvalue weighted by Gasteiger charge is 2.21. The van der Waals surface area contributed by atoms with Crippen LogP contribution in [0.5, 0.6) is 0 Å². The Kier molecular flexibility index (Phi) is 5.12. The fourth-order valence-corrected chi connectivity index (χ4v) is 2.52. The van der Waals surface area contributed by atoms with E-state index in [2.05, 4.69) is 15.5 Å². The van der Waals surface area contributed by atoms with E-state index in [0.29, 0.717) is 18.1 Å². The first-order chi connectivity index (χ1) is 12.6. The minimum atomic E-state index is -0.607. The number of carbonyl (C=O) groups excluding carboxylic acids is 2. The van der Waals surface area contributed by atoms with E-state index in [1.54, 1.807) is 29.1 Å². The number of carbonyl (C=O) groups is 2. The summed E-state index contributed by atoms with van der Waals surface area (Å²) in [5.41, 5.74) is 0.944. The van der Waals surface area contributed by atoms with E-state index in [0.717, 1.165) is 6.42 Å². The van der Waals surface area contributed by atoms with Crippen LogP contribution in [0, 0.1) is 0 Å². The Morgan fingerprint density at radius 2 is 1.96 bits per heavy atom. The minimum absolute atomic E-state index is 0.0589. The molecule has 8 heteroatoms. The van der Waals surface area contributed by atoms with E-state index in [4.69, 9.17) is 4.74 Å². The highest BCUT2D eigenvalue weighted by Crippen LogP contribution is 2.16. The Labute approximate surface area is 150 Å². The lowest BCUT2D eigenvalue weighted by Crippen LogP contribution is -2.19. The van der Waals surface area contributed by atoms with Crippen LogP contribution in [-0.2, 0) is 11.3 Å². The van der Waals surface area contributed by atoms with Crippen LogP contribution in [-0.4, -0.2) is 38.5 Å². The molecule has 134 valence electrons. The van der Waals surface area contributed by atoms with Crippen LogP contribution in [0.3, 0.4) is 0 Å². The maximum Gasteiger partial charge on any atom is 0.358 e. The van der Waals surface area contributed by atoms with Gasteiger partial charge in [0.15, 0.2) is 5.69 Å². The molecule has 8 nitrogen and oxygen atoms in total. The number of nitrogens with zero attached hydrogens (tertiary/aromatic N) is 4. The van der Waals surface area contributed by atoms with Crippen molar-refractivity contribution >= 4 is 17.7 Å². The lowest BCUT2D eigenvalue weighted by molar-refractivity contribution is 0.0593. The lowest BCUT2D eigenvalue weighted by atomic mass is 10.3.